The number of anilines is 1. The van der Waals surface area contributed by atoms with Gasteiger partial charge in [-0.15, -0.1) is 0 Å². The van der Waals surface area contributed by atoms with Gasteiger partial charge in [-0.2, -0.15) is 0 Å². The fraction of sp³-hybridized carbons (Fsp3) is 0.370. The van der Waals surface area contributed by atoms with Crippen molar-refractivity contribution in [2.24, 2.45) is 4.99 Å². The summed E-state index contributed by atoms with van der Waals surface area (Å²) in [6.45, 7) is 3.89. The summed E-state index contributed by atoms with van der Waals surface area (Å²) in [6.07, 6.45) is 15.3. The number of aromatic nitrogens is 2. The summed E-state index contributed by atoms with van der Waals surface area (Å²) in [5.41, 5.74) is 4.44. The van der Waals surface area contributed by atoms with Crippen LogP contribution in [0.25, 0.3) is 16.5 Å². The van der Waals surface area contributed by atoms with Gasteiger partial charge in [-0.3, -0.25) is 14.2 Å². The van der Waals surface area contributed by atoms with Crippen molar-refractivity contribution in [3.05, 3.63) is 60.6 Å². The van der Waals surface area contributed by atoms with E-state index in [4.69, 9.17) is 4.74 Å². The number of benzene rings is 2. The molecular formula is C27H34N4OS. The molecule has 2 aliphatic heterocycles. The van der Waals surface area contributed by atoms with E-state index < -0.39 is 9.16 Å². The number of hydrogen-bond donors (Lipinski definition) is 1. The number of ether oxygens (including phenoxy) is 1. The molecule has 2 aromatic carbocycles. The van der Waals surface area contributed by atoms with Crippen molar-refractivity contribution in [1.82, 2.24) is 9.97 Å². The van der Waals surface area contributed by atoms with Crippen molar-refractivity contribution in [3.63, 3.8) is 0 Å². The summed E-state index contributed by atoms with van der Waals surface area (Å²) >= 11 is 0. The third kappa shape index (κ3) is 4.49. The molecular weight excluding hydrogens is 428 g/mol. The Balaban J connectivity index is 1.28. The van der Waals surface area contributed by atoms with E-state index in [1.807, 2.05) is 13.1 Å². The summed E-state index contributed by atoms with van der Waals surface area (Å²) in [6, 6.07) is 15.2. The largest absolute Gasteiger partial charge is 0.490 e. The predicted molar refractivity (Wildman–Crippen MR) is 144 cm³/mol. The zero-order valence-electron chi connectivity index (χ0n) is 20.2. The van der Waals surface area contributed by atoms with Crippen LogP contribution in [-0.2, 0) is 0 Å². The average Bonchev–Trinajstić information content (AvgIpc) is 2.77. The topological polar surface area (TPSA) is 50.6 Å². The van der Waals surface area contributed by atoms with Crippen LogP contribution in [0, 0.1) is 0 Å². The van der Waals surface area contributed by atoms with Crippen LogP contribution in [0.4, 0.5) is 5.82 Å². The van der Waals surface area contributed by atoms with Crippen molar-refractivity contribution in [1.29, 1.82) is 0 Å². The van der Waals surface area contributed by atoms with Gasteiger partial charge in [0.2, 0.25) is 0 Å². The third-order valence-electron chi connectivity index (χ3n) is 6.62. The number of hydrogen-bond acceptors (Lipinski definition) is 5. The summed E-state index contributed by atoms with van der Waals surface area (Å²) in [4.78, 5) is 17.3. The number of nitrogens with zero attached hydrogens (tertiary/aromatic N) is 4. The fourth-order valence-electron chi connectivity index (χ4n) is 4.50. The molecule has 0 unspecified atom stereocenters. The SMILES string of the molecule is CC1=NC=C1c1ccc2ncnc(N3CCC(Oc4ccc([SH](C)(C)(C)C)cc4)CC3)c2c1. The molecule has 6 heteroatoms. The molecule has 1 aromatic heterocycles. The van der Waals surface area contributed by atoms with Crippen LogP contribution >= 0.6 is 9.16 Å². The summed E-state index contributed by atoms with van der Waals surface area (Å²) < 4.78 is 6.35. The quantitative estimate of drug-likeness (QED) is 0.513. The first-order valence-electron chi connectivity index (χ1n) is 11.7. The Morgan fingerprint density at radius 1 is 0.939 bits per heavy atom. The van der Waals surface area contributed by atoms with Crippen molar-refractivity contribution in [2.45, 2.75) is 30.8 Å². The summed E-state index contributed by atoms with van der Waals surface area (Å²) in [5.74, 6) is 1.99. The Kier molecular flexibility index (Phi) is 5.24. The average molecular weight is 463 g/mol. The van der Waals surface area contributed by atoms with E-state index in [1.165, 1.54) is 16.0 Å². The monoisotopic (exact) mass is 462 g/mol. The number of fused-ring (bicyclic) bond motifs is 1. The number of piperidine rings is 1. The lowest BCUT2D eigenvalue weighted by molar-refractivity contribution is 0.170. The van der Waals surface area contributed by atoms with Gasteiger partial charge in [0.1, 0.15) is 24.0 Å². The molecule has 0 spiro atoms. The van der Waals surface area contributed by atoms with E-state index in [2.05, 4.69) is 87.3 Å². The minimum atomic E-state index is -1.74. The molecule has 174 valence electrons. The third-order valence-corrected chi connectivity index (χ3v) is 8.98. The standard InChI is InChI=1S/C27H34N4OS/c1-19-25(17-28-19)20-6-11-26-24(16-20)27(30-18-29-26)31-14-12-22(13-15-31)32-21-7-9-23(10-8-21)33(2,3,4)5/h6-11,16-18,22,33H,12-15H2,1-5H3. The lowest BCUT2D eigenvalue weighted by Gasteiger charge is -2.47. The van der Waals surface area contributed by atoms with Crippen molar-refractivity contribution >= 4 is 37.2 Å². The van der Waals surface area contributed by atoms with Gasteiger partial charge in [-0.1, -0.05) is 6.07 Å². The minimum absolute atomic E-state index is 0.233. The zero-order valence-corrected chi connectivity index (χ0v) is 21.1. The molecule has 0 aliphatic carbocycles. The number of allylic oxidation sites excluding steroid dienone is 1. The Morgan fingerprint density at radius 2 is 1.67 bits per heavy atom. The van der Waals surface area contributed by atoms with Crippen LogP contribution in [0.5, 0.6) is 5.75 Å². The van der Waals surface area contributed by atoms with Crippen LogP contribution in [0.15, 0.2) is 64.9 Å². The predicted octanol–water partition coefficient (Wildman–Crippen LogP) is 5.44. The molecule has 0 atom stereocenters. The number of rotatable bonds is 5. The van der Waals surface area contributed by atoms with Gasteiger partial charge in [0.15, 0.2) is 0 Å². The van der Waals surface area contributed by atoms with E-state index in [0.29, 0.717) is 0 Å². The van der Waals surface area contributed by atoms with Gasteiger partial charge in [0.05, 0.1) is 5.52 Å². The maximum absolute atomic E-state index is 6.35. The molecule has 33 heavy (non-hydrogen) atoms. The van der Waals surface area contributed by atoms with E-state index in [1.54, 1.807) is 6.33 Å². The van der Waals surface area contributed by atoms with E-state index in [9.17, 15) is 0 Å². The normalized spacial score (nSPS) is 18.2. The zero-order chi connectivity index (χ0) is 23.2. The Labute approximate surface area is 196 Å². The molecule has 1 saturated heterocycles. The molecule has 1 fully saturated rings. The number of thiol groups is 1. The summed E-state index contributed by atoms with van der Waals surface area (Å²) in [7, 11) is -1.74. The molecule has 0 radical (unpaired) electrons. The Bertz CT molecular complexity index is 1250. The van der Waals surface area contributed by atoms with Crippen LogP contribution in [0.1, 0.15) is 25.3 Å². The molecule has 2 aliphatic rings. The fourth-order valence-corrected chi connectivity index (χ4v) is 5.84. The van der Waals surface area contributed by atoms with Crippen LogP contribution in [-0.4, -0.2) is 59.9 Å². The van der Waals surface area contributed by atoms with Crippen molar-refractivity contribution in [3.8, 4) is 5.75 Å². The second-order valence-corrected chi connectivity index (χ2v) is 18.7. The lowest BCUT2D eigenvalue weighted by atomic mass is 9.98. The van der Waals surface area contributed by atoms with Gasteiger partial charge in [0, 0.05) is 48.8 Å². The molecule has 3 aromatic rings. The highest BCUT2D eigenvalue weighted by molar-refractivity contribution is 8.47. The highest BCUT2D eigenvalue weighted by Crippen LogP contribution is 2.63. The van der Waals surface area contributed by atoms with Crippen molar-refractivity contribution in [2.75, 3.05) is 43.0 Å². The van der Waals surface area contributed by atoms with Gasteiger partial charge in [-0.25, -0.2) is 9.97 Å². The summed E-state index contributed by atoms with van der Waals surface area (Å²) in [5, 5.41) is 1.10. The first-order valence-corrected chi connectivity index (χ1v) is 15.7. The first-order chi connectivity index (χ1) is 15.6. The van der Waals surface area contributed by atoms with Gasteiger partial charge < -0.3 is 9.64 Å². The Hall–Kier alpha value is -2.86. The van der Waals surface area contributed by atoms with E-state index >= 15 is 0 Å². The first kappa shape index (κ1) is 22.0. The Morgan fingerprint density at radius 3 is 2.27 bits per heavy atom. The molecule has 5 rings (SSSR count). The second-order valence-electron chi connectivity index (χ2n) is 11.1. The maximum Gasteiger partial charge on any atom is 0.139 e. The molecule has 5 nitrogen and oxygen atoms in total. The van der Waals surface area contributed by atoms with Crippen LogP contribution < -0.4 is 9.64 Å². The van der Waals surface area contributed by atoms with Crippen molar-refractivity contribution < 1.29 is 4.74 Å². The second kappa shape index (κ2) is 7.87. The molecule has 0 saturated carbocycles. The van der Waals surface area contributed by atoms with Gasteiger partial charge in [-0.05, 0) is 78.8 Å². The molecule has 0 bridgehead atoms. The smallest absolute Gasteiger partial charge is 0.139 e. The van der Waals surface area contributed by atoms with E-state index in [-0.39, 0.29) is 6.10 Å². The van der Waals surface area contributed by atoms with E-state index in [0.717, 1.165) is 54.1 Å². The molecule has 0 N–H and O–H groups in total. The number of aliphatic imine (C=N–C) groups is 1. The van der Waals surface area contributed by atoms with Crippen LogP contribution in [0.3, 0.4) is 0 Å². The van der Waals surface area contributed by atoms with Gasteiger partial charge in [0.25, 0.3) is 0 Å². The maximum atomic E-state index is 6.35. The highest BCUT2D eigenvalue weighted by Gasteiger charge is 2.25. The van der Waals surface area contributed by atoms with Gasteiger partial charge >= 0.3 is 0 Å². The molecule has 0 amide bonds. The van der Waals surface area contributed by atoms with Crippen LogP contribution in [0.2, 0.25) is 0 Å². The molecule has 3 heterocycles. The lowest BCUT2D eigenvalue weighted by Crippen LogP contribution is -2.38. The highest BCUT2D eigenvalue weighted by atomic mass is 32.3. The minimum Gasteiger partial charge on any atom is -0.490 e.